The summed E-state index contributed by atoms with van der Waals surface area (Å²) in [5, 5.41) is 0. The summed E-state index contributed by atoms with van der Waals surface area (Å²) in [6.07, 6.45) is -1.63. The van der Waals surface area contributed by atoms with E-state index >= 15 is 0 Å². The average Bonchev–Trinajstić information content (AvgIpc) is 2.38. The van der Waals surface area contributed by atoms with Gasteiger partial charge in [-0.3, -0.25) is 4.79 Å². The molecule has 0 saturated carbocycles. The molecule has 2 rings (SSSR count). The molecule has 1 aliphatic rings. The average molecular weight is 272 g/mol. The third-order valence-electron chi connectivity index (χ3n) is 3.39. The van der Waals surface area contributed by atoms with Crippen LogP contribution in [0.5, 0.6) is 0 Å². The van der Waals surface area contributed by atoms with Crippen LogP contribution < -0.4 is 4.90 Å². The molecule has 0 N–H and O–H groups in total. The van der Waals surface area contributed by atoms with Crippen LogP contribution in [0.25, 0.3) is 0 Å². The minimum atomic E-state index is -4.42. The molecule has 2 heterocycles. The molecule has 0 bridgehead atoms. The summed E-state index contributed by atoms with van der Waals surface area (Å²) in [5.74, 6) is -0.244. The van der Waals surface area contributed by atoms with Gasteiger partial charge in [-0.15, -0.1) is 0 Å². The van der Waals surface area contributed by atoms with Gasteiger partial charge in [0.25, 0.3) is 0 Å². The van der Waals surface area contributed by atoms with E-state index in [1.807, 2.05) is 0 Å². The third-order valence-corrected chi connectivity index (χ3v) is 3.39. The van der Waals surface area contributed by atoms with Crippen LogP contribution in [0, 0.1) is 5.92 Å². The van der Waals surface area contributed by atoms with Crippen LogP contribution in [0.2, 0.25) is 0 Å². The lowest BCUT2D eigenvalue weighted by Crippen LogP contribution is -2.39. The molecule has 3 nitrogen and oxygen atoms in total. The maximum absolute atomic E-state index is 12.9. The zero-order chi connectivity index (χ0) is 14.0. The van der Waals surface area contributed by atoms with Gasteiger partial charge in [-0.1, -0.05) is 0 Å². The Bertz CT molecular complexity index is 473. The molecule has 6 heteroatoms. The highest BCUT2D eigenvalue weighted by molar-refractivity contribution is 5.79. The predicted octanol–water partition coefficient (Wildman–Crippen LogP) is 2.91. The topological polar surface area (TPSA) is 33.2 Å². The van der Waals surface area contributed by atoms with E-state index in [2.05, 4.69) is 4.98 Å². The summed E-state index contributed by atoms with van der Waals surface area (Å²) in [5.41, 5.74) is -0.737. The molecule has 0 spiro atoms. The van der Waals surface area contributed by atoms with Crippen LogP contribution in [0.4, 0.5) is 19.0 Å². The van der Waals surface area contributed by atoms with Gasteiger partial charge in [-0.05, 0) is 31.9 Å². The highest BCUT2D eigenvalue weighted by atomic mass is 19.4. The van der Waals surface area contributed by atoms with Gasteiger partial charge >= 0.3 is 6.18 Å². The molecule has 1 aliphatic heterocycles. The minimum Gasteiger partial charge on any atom is -0.355 e. The van der Waals surface area contributed by atoms with Crippen molar-refractivity contribution in [1.82, 2.24) is 4.98 Å². The van der Waals surface area contributed by atoms with Crippen molar-refractivity contribution in [1.29, 1.82) is 0 Å². The van der Waals surface area contributed by atoms with Crippen molar-refractivity contribution in [3.05, 3.63) is 23.9 Å². The number of hydrogen-bond donors (Lipinski definition) is 0. The number of rotatable bonds is 2. The Hall–Kier alpha value is -1.59. The first-order chi connectivity index (χ1) is 8.89. The van der Waals surface area contributed by atoms with E-state index < -0.39 is 11.7 Å². The van der Waals surface area contributed by atoms with Crippen molar-refractivity contribution in [2.45, 2.75) is 25.9 Å². The second-order valence-corrected chi connectivity index (χ2v) is 4.77. The monoisotopic (exact) mass is 272 g/mol. The number of carbonyl (C=O) groups excluding carboxylic acids is 1. The number of nitrogens with zero attached hydrogens (tertiary/aromatic N) is 2. The molecule has 104 valence electrons. The molecule has 1 atom stereocenters. The van der Waals surface area contributed by atoms with Crippen LogP contribution in [0.1, 0.15) is 25.3 Å². The van der Waals surface area contributed by atoms with Crippen molar-refractivity contribution in [3.63, 3.8) is 0 Å². The van der Waals surface area contributed by atoms with Gasteiger partial charge in [-0.2, -0.15) is 13.2 Å². The highest BCUT2D eigenvalue weighted by Gasteiger charge is 2.36. The summed E-state index contributed by atoms with van der Waals surface area (Å²) in [6.45, 7) is 2.30. The van der Waals surface area contributed by atoms with Crippen molar-refractivity contribution < 1.29 is 18.0 Å². The number of pyridine rings is 1. The molecular formula is C13H15F3N2O. The molecule has 1 saturated heterocycles. The Labute approximate surface area is 109 Å². The summed E-state index contributed by atoms with van der Waals surface area (Å²) in [7, 11) is 0. The third kappa shape index (κ3) is 3.05. The number of piperidine rings is 1. The fourth-order valence-corrected chi connectivity index (χ4v) is 2.37. The summed E-state index contributed by atoms with van der Waals surface area (Å²) < 4.78 is 38.8. The molecule has 1 unspecified atom stereocenters. The minimum absolute atomic E-state index is 0.0224. The summed E-state index contributed by atoms with van der Waals surface area (Å²) in [6, 6.07) is 2.30. The van der Waals surface area contributed by atoms with Gasteiger partial charge < -0.3 is 4.90 Å². The smallest absolute Gasteiger partial charge is 0.355 e. The predicted molar refractivity (Wildman–Crippen MR) is 64.9 cm³/mol. The number of Topliss-reactive ketones (excluding diaryl/α,β-unsaturated/α-hetero) is 1. The molecule has 0 aromatic carbocycles. The maximum atomic E-state index is 12.9. The SMILES string of the molecule is CC(=O)C1CCCN(c2ncccc2C(F)(F)F)C1. The normalized spacial score (nSPS) is 20.4. The van der Waals surface area contributed by atoms with Crippen LogP contribution in [0.3, 0.4) is 0 Å². The molecule has 0 amide bonds. The standard InChI is InChI=1S/C13H15F3N2O/c1-9(19)10-4-3-7-18(8-10)12-11(13(14,15)16)5-2-6-17-12/h2,5-6,10H,3-4,7-8H2,1H3. The number of carbonyl (C=O) groups is 1. The Morgan fingerprint density at radius 1 is 1.47 bits per heavy atom. The zero-order valence-corrected chi connectivity index (χ0v) is 10.6. The number of anilines is 1. The number of alkyl halides is 3. The van der Waals surface area contributed by atoms with E-state index in [1.54, 1.807) is 4.90 Å². The quantitative estimate of drug-likeness (QED) is 0.830. The number of hydrogen-bond acceptors (Lipinski definition) is 3. The molecule has 19 heavy (non-hydrogen) atoms. The zero-order valence-electron chi connectivity index (χ0n) is 10.6. The van der Waals surface area contributed by atoms with E-state index in [1.165, 1.54) is 19.2 Å². The fourth-order valence-electron chi connectivity index (χ4n) is 2.37. The van der Waals surface area contributed by atoms with E-state index in [0.29, 0.717) is 19.5 Å². The number of halogens is 3. The molecule has 1 aromatic rings. The summed E-state index contributed by atoms with van der Waals surface area (Å²) >= 11 is 0. The van der Waals surface area contributed by atoms with Crippen LogP contribution >= 0.6 is 0 Å². The van der Waals surface area contributed by atoms with Crippen molar-refractivity contribution in [3.8, 4) is 0 Å². The molecular weight excluding hydrogens is 257 g/mol. The summed E-state index contributed by atoms with van der Waals surface area (Å²) in [4.78, 5) is 16.8. The van der Waals surface area contributed by atoms with Gasteiger partial charge in [-0.25, -0.2) is 4.98 Å². The van der Waals surface area contributed by atoms with Crippen molar-refractivity contribution >= 4 is 11.6 Å². The van der Waals surface area contributed by atoms with Gasteiger partial charge in [0.15, 0.2) is 0 Å². The molecule has 1 fully saturated rings. The van der Waals surface area contributed by atoms with E-state index in [-0.39, 0.29) is 17.5 Å². The van der Waals surface area contributed by atoms with Crippen LogP contribution in [0.15, 0.2) is 18.3 Å². The van der Waals surface area contributed by atoms with Crippen LogP contribution in [-0.2, 0) is 11.0 Å². The lowest BCUT2D eigenvalue weighted by molar-refractivity contribution is -0.137. The van der Waals surface area contributed by atoms with Crippen molar-refractivity contribution in [2.24, 2.45) is 5.92 Å². The first-order valence-corrected chi connectivity index (χ1v) is 6.17. The Morgan fingerprint density at radius 3 is 2.84 bits per heavy atom. The number of ketones is 1. The largest absolute Gasteiger partial charge is 0.419 e. The fraction of sp³-hybridized carbons (Fsp3) is 0.538. The first kappa shape index (κ1) is 13.8. The van der Waals surface area contributed by atoms with Gasteiger partial charge in [0, 0.05) is 25.2 Å². The Balaban J connectivity index is 2.29. The Kier molecular flexibility index (Phi) is 3.78. The lowest BCUT2D eigenvalue weighted by atomic mass is 9.94. The second kappa shape index (κ2) is 5.19. The van der Waals surface area contributed by atoms with Gasteiger partial charge in [0.1, 0.15) is 11.6 Å². The highest BCUT2D eigenvalue weighted by Crippen LogP contribution is 2.36. The molecule has 1 aromatic heterocycles. The van der Waals surface area contributed by atoms with Gasteiger partial charge in [0.2, 0.25) is 0 Å². The lowest BCUT2D eigenvalue weighted by Gasteiger charge is -2.33. The van der Waals surface area contributed by atoms with E-state index in [0.717, 1.165) is 12.5 Å². The van der Waals surface area contributed by atoms with Gasteiger partial charge in [0.05, 0.1) is 5.56 Å². The van der Waals surface area contributed by atoms with Crippen molar-refractivity contribution in [2.75, 3.05) is 18.0 Å². The van der Waals surface area contributed by atoms with Crippen LogP contribution in [-0.4, -0.2) is 23.9 Å². The molecule has 0 aliphatic carbocycles. The second-order valence-electron chi connectivity index (χ2n) is 4.77. The first-order valence-electron chi connectivity index (χ1n) is 6.17. The Morgan fingerprint density at radius 2 is 2.21 bits per heavy atom. The van der Waals surface area contributed by atoms with E-state index in [4.69, 9.17) is 0 Å². The molecule has 0 radical (unpaired) electrons. The number of aromatic nitrogens is 1. The maximum Gasteiger partial charge on any atom is 0.419 e. The van der Waals surface area contributed by atoms with E-state index in [9.17, 15) is 18.0 Å².